The molecule has 0 bridgehead atoms. The second kappa shape index (κ2) is 7.64. The monoisotopic (exact) mass is 337 g/mol. The van der Waals surface area contributed by atoms with E-state index in [1.54, 1.807) is 20.3 Å². The molecule has 122 valence electrons. The van der Waals surface area contributed by atoms with Crippen LogP contribution >= 0.6 is 11.6 Å². The maximum Gasteiger partial charge on any atom is 0.360 e. The van der Waals surface area contributed by atoms with Crippen LogP contribution < -0.4 is 14.8 Å². The quantitative estimate of drug-likeness (QED) is 0.811. The zero-order valence-corrected chi connectivity index (χ0v) is 13.7. The van der Waals surface area contributed by atoms with Gasteiger partial charge in [-0.25, -0.2) is 4.79 Å². The highest BCUT2D eigenvalue weighted by Crippen LogP contribution is 2.26. The summed E-state index contributed by atoms with van der Waals surface area (Å²) in [4.78, 5) is 11.7. The van der Waals surface area contributed by atoms with E-state index in [4.69, 9.17) is 21.1 Å². The zero-order valence-electron chi connectivity index (χ0n) is 12.9. The smallest absolute Gasteiger partial charge is 0.360 e. The fourth-order valence-electron chi connectivity index (χ4n) is 1.94. The number of benzene rings is 1. The number of ether oxygens (including phenoxy) is 3. The summed E-state index contributed by atoms with van der Waals surface area (Å²) in [7, 11) is 4.43. The molecule has 8 heteroatoms. The van der Waals surface area contributed by atoms with Crippen LogP contribution in [-0.4, -0.2) is 37.5 Å². The summed E-state index contributed by atoms with van der Waals surface area (Å²) >= 11 is 5.84. The van der Waals surface area contributed by atoms with Crippen molar-refractivity contribution in [3.8, 4) is 11.5 Å². The molecule has 0 atom stereocenters. The van der Waals surface area contributed by atoms with E-state index >= 15 is 0 Å². The van der Waals surface area contributed by atoms with Gasteiger partial charge in [0.25, 0.3) is 0 Å². The largest absolute Gasteiger partial charge is 0.497 e. The first-order chi connectivity index (χ1) is 11.1. The number of carbonyl (C=O) groups is 1. The highest BCUT2D eigenvalue weighted by Gasteiger charge is 2.16. The molecule has 1 N–H and O–H groups in total. The van der Waals surface area contributed by atoms with Crippen molar-refractivity contribution in [2.45, 2.75) is 6.54 Å². The first kappa shape index (κ1) is 16.8. The first-order valence-electron chi connectivity index (χ1n) is 6.65. The Labute approximate surface area is 138 Å². The van der Waals surface area contributed by atoms with Gasteiger partial charge in [-0.1, -0.05) is 11.6 Å². The Morgan fingerprint density at radius 1 is 1.17 bits per heavy atom. The van der Waals surface area contributed by atoms with Gasteiger partial charge in [0.05, 0.1) is 27.0 Å². The van der Waals surface area contributed by atoms with E-state index < -0.39 is 5.97 Å². The molecule has 0 spiro atoms. The van der Waals surface area contributed by atoms with Crippen LogP contribution in [0.1, 0.15) is 16.1 Å². The SMILES string of the molecule is COC(=O)c1nnc(Cl)cc1NCc1ccc(OC)cc1OC. The number of nitrogens with one attached hydrogen (secondary N) is 1. The predicted octanol–water partition coefficient (Wildman–Crippen LogP) is 2.55. The number of hydrogen-bond donors (Lipinski definition) is 1. The average molecular weight is 338 g/mol. The van der Waals surface area contributed by atoms with E-state index in [1.807, 2.05) is 12.1 Å². The summed E-state index contributed by atoms with van der Waals surface area (Å²) in [5, 5.41) is 10.7. The molecule has 23 heavy (non-hydrogen) atoms. The van der Waals surface area contributed by atoms with Crippen LogP contribution in [0.15, 0.2) is 24.3 Å². The number of aromatic nitrogens is 2. The molecule has 0 unspecified atom stereocenters. The van der Waals surface area contributed by atoms with E-state index in [-0.39, 0.29) is 10.8 Å². The maximum absolute atomic E-state index is 11.7. The number of rotatable bonds is 6. The molecule has 7 nitrogen and oxygen atoms in total. The van der Waals surface area contributed by atoms with Gasteiger partial charge in [0, 0.05) is 24.2 Å². The molecular formula is C15H16ClN3O4. The lowest BCUT2D eigenvalue weighted by molar-refractivity contribution is 0.0594. The maximum atomic E-state index is 11.7. The molecule has 2 aromatic rings. The Morgan fingerprint density at radius 3 is 2.61 bits per heavy atom. The van der Waals surface area contributed by atoms with Gasteiger partial charge in [0.1, 0.15) is 11.5 Å². The molecule has 0 saturated carbocycles. The summed E-state index contributed by atoms with van der Waals surface area (Å²) in [6, 6.07) is 6.96. The van der Waals surface area contributed by atoms with E-state index in [0.29, 0.717) is 23.7 Å². The van der Waals surface area contributed by atoms with Gasteiger partial charge in [0.15, 0.2) is 10.8 Å². The van der Waals surface area contributed by atoms with Crippen molar-refractivity contribution < 1.29 is 19.0 Å². The molecule has 1 aromatic heterocycles. The Kier molecular flexibility index (Phi) is 5.59. The molecule has 0 aliphatic heterocycles. The zero-order chi connectivity index (χ0) is 16.8. The highest BCUT2D eigenvalue weighted by atomic mass is 35.5. The highest BCUT2D eigenvalue weighted by molar-refractivity contribution is 6.29. The number of hydrogen-bond acceptors (Lipinski definition) is 7. The number of nitrogens with zero attached hydrogens (tertiary/aromatic N) is 2. The third kappa shape index (κ3) is 4.01. The minimum atomic E-state index is -0.599. The van der Waals surface area contributed by atoms with Crippen LogP contribution in [0, 0.1) is 0 Å². The molecule has 0 aliphatic rings. The standard InChI is InChI=1S/C15H16ClN3O4/c1-21-10-5-4-9(12(6-10)22-2)8-17-11-7-13(16)18-19-14(11)15(20)23-3/h4-7H,8H2,1-3H3,(H,17,18). The number of methoxy groups -OCH3 is 3. The number of anilines is 1. The Hall–Kier alpha value is -2.54. The van der Waals surface area contributed by atoms with Crippen LogP contribution in [0.4, 0.5) is 5.69 Å². The van der Waals surface area contributed by atoms with Crippen molar-refractivity contribution in [2.24, 2.45) is 0 Å². The fraction of sp³-hybridized carbons (Fsp3) is 0.267. The van der Waals surface area contributed by atoms with Gasteiger partial charge < -0.3 is 19.5 Å². The van der Waals surface area contributed by atoms with Gasteiger partial charge in [-0.15, -0.1) is 10.2 Å². The molecule has 0 radical (unpaired) electrons. The van der Waals surface area contributed by atoms with Crippen molar-refractivity contribution in [1.29, 1.82) is 0 Å². The fourth-order valence-corrected chi connectivity index (χ4v) is 2.09. The normalized spacial score (nSPS) is 10.1. The first-order valence-corrected chi connectivity index (χ1v) is 7.03. The molecule has 1 heterocycles. The number of halogens is 1. The third-order valence-electron chi connectivity index (χ3n) is 3.11. The summed E-state index contributed by atoms with van der Waals surface area (Å²) in [5.74, 6) is 0.748. The molecule has 0 amide bonds. The predicted molar refractivity (Wildman–Crippen MR) is 85.3 cm³/mol. The molecule has 0 aliphatic carbocycles. The lowest BCUT2D eigenvalue weighted by Gasteiger charge is -2.13. The van der Waals surface area contributed by atoms with Crippen molar-refractivity contribution in [1.82, 2.24) is 10.2 Å². The van der Waals surface area contributed by atoms with Gasteiger partial charge in [-0.05, 0) is 12.1 Å². The second-order valence-corrected chi connectivity index (χ2v) is 4.84. The lowest BCUT2D eigenvalue weighted by Crippen LogP contribution is -2.12. The second-order valence-electron chi connectivity index (χ2n) is 4.45. The Morgan fingerprint density at radius 2 is 1.96 bits per heavy atom. The average Bonchev–Trinajstić information content (AvgIpc) is 2.59. The van der Waals surface area contributed by atoms with Gasteiger partial charge in [0.2, 0.25) is 0 Å². The topological polar surface area (TPSA) is 82.6 Å². The number of esters is 1. The minimum Gasteiger partial charge on any atom is -0.497 e. The van der Waals surface area contributed by atoms with Crippen LogP contribution in [-0.2, 0) is 11.3 Å². The van der Waals surface area contributed by atoms with Crippen LogP contribution in [0.25, 0.3) is 0 Å². The van der Waals surface area contributed by atoms with E-state index in [0.717, 1.165) is 5.56 Å². The molecule has 0 fully saturated rings. The summed E-state index contributed by atoms with van der Waals surface area (Å²) < 4.78 is 15.2. The van der Waals surface area contributed by atoms with Crippen LogP contribution in [0.2, 0.25) is 5.15 Å². The van der Waals surface area contributed by atoms with Crippen molar-refractivity contribution in [3.05, 3.63) is 40.7 Å². The Bertz CT molecular complexity index is 709. The van der Waals surface area contributed by atoms with Crippen molar-refractivity contribution in [3.63, 3.8) is 0 Å². The molecule has 2 rings (SSSR count). The van der Waals surface area contributed by atoms with Crippen LogP contribution in [0.5, 0.6) is 11.5 Å². The van der Waals surface area contributed by atoms with E-state index in [2.05, 4.69) is 20.3 Å². The van der Waals surface area contributed by atoms with Crippen LogP contribution in [0.3, 0.4) is 0 Å². The van der Waals surface area contributed by atoms with Gasteiger partial charge in [-0.3, -0.25) is 0 Å². The summed E-state index contributed by atoms with van der Waals surface area (Å²) in [6.07, 6.45) is 0. The van der Waals surface area contributed by atoms with Crippen molar-refractivity contribution >= 4 is 23.3 Å². The third-order valence-corrected chi connectivity index (χ3v) is 3.29. The van der Waals surface area contributed by atoms with Gasteiger partial charge in [-0.2, -0.15) is 0 Å². The Balaban J connectivity index is 2.24. The molecule has 1 aromatic carbocycles. The van der Waals surface area contributed by atoms with E-state index in [9.17, 15) is 4.79 Å². The number of carbonyl (C=O) groups excluding carboxylic acids is 1. The van der Waals surface area contributed by atoms with Gasteiger partial charge >= 0.3 is 5.97 Å². The molecular weight excluding hydrogens is 322 g/mol. The van der Waals surface area contributed by atoms with E-state index in [1.165, 1.54) is 13.2 Å². The summed E-state index contributed by atoms with van der Waals surface area (Å²) in [5.41, 5.74) is 1.36. The van der Waals surface area contributed by atoms with Crippen molar-refractivity contribution in [2.75, 3.05) is 26.6 Å². The summed E-state index contributed by atoms with van der Waals surface area (Å²) in [6.45, 7) is 0.388. The molecule has 0 saturated heterocycles. The minimum absolute atomic E-state index is 0.0596. The lowest BCUT2D eigenvalue weighted by atomic mass is 10.2.